The van der Waals surface area contributed by atoms with Crippen LogP contribution in [-0.4, -0.2) is 95.1 Å². The second-order valence-corrected chi connectivity index (χ2v) is 29.7. The van der Waals surface area contributed by atoms with E-state index >= 15 is 0 Å². The van der Waals surface area contributed by atoms with Crippen LogP contribution in [0.4, 0.5) is 0 Å². The summed E-state index contributed by atoms with van der Waals surface area (Å²) in [6, 6.07) is 0. The molecule has 0 aromatic carbocycles. The van der Waals surface area contributed by atoms with Crippen LogP contribution in [0.1, 0.15) is 421 Å². The van der Waals surface area contributed by atoms with Crippen LogP contribution in [0, 0.1) is 0 Å². The highest BCUT2D eigenvalue weighted by atomic mass is 16.6. The number of hydrogen-bond donors (Lipinski definition) is 4. The molecule has 111 heavy (non-hydrogen) atoms. The minimum atomic E-state index is -0.509. The van der Waals surface area contributed by atoms with Crippen molar-refractivity contribution in [2.24, 2.45) is 0 Å². The van der Waals surface area contributed by atoms with E-state index in [2.05, 4.69) is 175 Å². The van der Waals surface area contributed by atoms with Crippen molar-refractivity contribution in [3.63, 3.8) is 0 Å². The lowest BCUT2D eigenvalue weighted by molar-refractivity contribution is -0.147. The minimum absolute atomic E-state index is 0.116. The number of aliphatic hydroxyl groups is 4. The SMILES string of the molecule is CC/C=C\C/C=C\C/C=C\CCCCCCCC(=O)OCC(O)CCC.CC/C=C\C/C=C\C/C=C\CCCCCCCC(=O)OCC(O)CCCCCC.CC/C=C\C/C=C\C/C=C\CCCCCCCC(=O)OCCC(O)CCCCCC.CCCCC/C=C\C/C=C\CCCCCCCC(=O)OCC(O)CCC. The van der Waals surface area contributed by atoms with Crippen molar-refractivity contribution >= 4 is 23.9 Å². The molecule has 4 unspecified atom stereocenters. The molecule has 0 radical (unpaired) electrons. The lowest BCUT2D eigenvalue weighted by Gasteiger charge is -2.11. The molecule has 12 heteroatoms. The Morgan fingerprint density at radius 1 is 0.216 bits per heavy atom. The Hall–Kier alpha value is -5.14. The van der Waals surface area contributed by atoms with E-state index in [9.17, 15) is 39.6 Å². The highest BCUT2D eigenvalue weighted by Crippen LogP contribution is 2.16. The van der Waals surface area contributed by atoms with Gasteiger partial charge in [-0.05, 0) is 180 Å². The standard InChI is InChI=1S/C27H48O3.C26H46O3.C23H42O3.C23H40O3/c1-3-5-7-9-10-11-12-13-14-15-16-17-18-19-21-23-27(29)30-25-24-26(28)22-20-8-6-4-2;1-3-5-7-9-10-11-12-13-14-15-16-17-18-19-21-23-26(28)29-24-25(27)22-20-8-6-4-2;2*1-3-5-6-7-8-9-10-11-12-13-14-15-16-17-18-20-23(25)26-21-22(24)19-4-2/h5,7,10-11,13-14,26,28H,3-4,6,8-9,12,15-25H2,1-2H3;5,7,10-11,13-14,25,27H,3-4,6,8-9,12,15-24H2,1-2H3;8-9,11-12,22,24H,3-7,10,13-21H2,1-2H3;5-6,8-9,11-12,22,24H,3-4,7,10,13-21H2,1-2H3/b2*7-5-,11-10-,14-13-;9-8-,12-11-;6-5-,9-8-,12-11-. The van der Waals surface area contributed by atoms with E-state index in [4.69, 9.17) is 18.9 Å². The number of unbranched alkanes of at least 4 members (excludes halogenated alkanes) is 29. The maximum atomic E-state index is 11.7. The maximum Gasteiger partial charge on any atom is 0.305 e. The third-order valence-corrected chi connectivity index (χ3v) is 18.5. The quantitative estimate of drug-likeness (QED) is 0.0196. The second-order valence-electron chi connectivity index (χ2n) is 29.7. The first-order valence-electron chi connectivity index (χ1n) is 45.8. The summed E-state index contributed by atoms with van der Waals surface area (Å²) in [5.41, 5.74) is 0. The van der Waals surface area contributed by atoms with Crippen LogP contribution < -0.4 is 0 Å². The van der Waals surface area contributed by atoms with Gasteiger partial charge in [0.2, 0.25) is 0 Å². The van der Waals surface area contributed by atoms with Gasteiger partial charge in [-0.15, -0.1) is 0 Å². The molecule has 4 atom stereocenters. The van der Waals surface area contributed by atoms with Crippen molar-refractivity contribution in [2.75, 3.05) is 26.4 Å². The first-order valence-corrected chi connectivity index (χ1v) is 45.8. The largest absolute Gasteiger partial charge is 0.466 e. The van der Waals surface area contributed by atoms with Crippen molar-refractivity contribution in [2.45, 2.75) is 446 Å². The molecule has 0 rings (SSSR count). The maximum absolute atomic E-state index is 11.7. The molecule has 0 bridgehead atoms. The van der Waals surface area contributed by atoms with E-state index in [-0.39, 0.29) is 49.8 Å². The fourth-order valence-electron chi connectivity index (χ4n) is 11.6. The van der Waals surface area contributed by atoms with E-state index in [0.717, 1.165) is 186 Å². The van der Waals surface area contributed by atoms with Crippen molar-refractivity contribution in [1.82, 2.24) is 0 Å². The number of allylic oxidation sites excluding steroid dienone is 22. The summed E-state index contributed by atoms with van der Waals surface area (Å²) in [6.45, 7) is 17.9. The zero-order chi connectivity index (χ0) is 82.1. The summed E-state index contributed by atoms with van der Waals surface area (Å²) in [5, 5.41) is 38.7. The van der Waals surface area contributed by atoms with Crippen LogP contribution in [0.15, 0.2) is 134 Å². The normalized spacial score (nSPS) is 13.0. The number of hydrogen-bond acceptors (Lipinski definition) is 12. The molecule has 12 nitrogen and oxygen atoms in total. The van der Waals surface area contributed by atoms with Crippen LogP contribution >= 0.6 is 0 Å². The molecular formula is C99H176O12. The van der Waals surface area contributed by atoms with Gasteiger partial charge in [0.1, 0.15) is 19.8 Å². The zero-order valence-electron chi connectivity index (χ0n) is 73.2. The second kappa shape index (κ2) is 101. The van der Waals surface area contributed by atoms with Gasteiger partial charge in [-0.2, -0.15) is 0 Å². The van der Waals surface area contributed by atoms with E-state index in [1.807, 2.05) is 13.8 Å². The number of carbonyl (C=O) groups is 4. The van der Waals surface area contributed by atoms with Crippen LogP contribution in [0.25, 0.3) is 0 Å². The summed E-state index contributed by atoms with van der Waals surface area (Å²) in [6.07, 6.45) is 106. The van der Waals surface area contributed by atoms with Crippen LogP contribution in [0.5, 0.6) is 0 Å². The zero-order valence-corrected chi connectivity index (χ0v) is 73.2. The van der Waals surface area contributed by atoms with Gasteiger partial charge in [0, 0.05) is 32.1 Å². The predicted molar refractivity (Wildman–Crippen MR) is 477 cm³/mol. The molecule has 0 aromatic heterocycles. The van der Waals surface area contributed by atoms with Gasteiger partial charge < -0.3 is 39.4 Å². The average molecular weight is 1560 g/mol. The van der Waals surface area contributed by atoms with Crippen LogP contribution in [0.2, 0.25) is 0 Å². The molecule has 0 fully saturated rings. The molecule has 4 N–H and O–H groups in total. The third-order valence-electron chi connectivity index (χ3n) is 18.5. The molecule has 644 valence electrons. The summed E-state index contributed by atoms with van der Waals surface area (Å²) in [4.78, 5) is 46.5. The molecule has 0 aliphatic rings. The molecule has 0 saturated heterocycles. The van der Waals surface area contributed by atoms with E-state index < -0.39 is 18.3 Å². The first kappa shape index (κ1) is 112. The van der Waals surface area contributed by atoms with Gasteiger partial charge in [0.05, 0.1) is 31.0 Å². The van der Waals surface area contributed by atoms with Crippen molar-refractivity contribution in [3.8, 4) is 0 Å². The third kappa shape index (κ3) is 107. The molecule has 0 saturated carbocycles. The Morgan fingerprint density at radius 3 is 0.712 bits per heavy atom. The van der Waals surface area contributed by atoms with E-state index in [1.165, 1.54) is 135 Å². The first-order chi connectivity index (χ1) is 54.3. The Balaban J connectivity index is -0.000000689. The van der Waals surface area contributed by atoms with Gasteiger partial charge in [-0.1, -0.05) is 343 Å². The molecule has 0 spiro atoms. The molecule has 0 aromatic rings. The van der Waals surface area contributed by atoms with Gasteiger partial charge >= 0.3 is 23.9 Å². The van der Waals surface area contributed by atoms with Crippen LogP contribution in [0.3, 0.4) is 0 Å². The molecule has 0 amide bonds. The minimum Gasteiger partial charge on any atom is -0.466 e. The summed E-state index contributed by atoms with van der Waals surface area (Å²) < 4.78 is 20.6. The smallest absolute Gasteiger partial charge is 0.305 e. The molecule has 0 aliphatic heterocycles. The lowest BCUT2D eigenvalue weighted by Crippen LogP contribution is -2.18. The van der Waals surface area contributed by atoms with E-state index in [0.29, 0.717) is 51.6 Å². The lowest BCUT2D eigenvalue weighted by atomic mass is 10.1. The number of esters is 4. The predicted octanol–water partition coefficient (Wildman–Crippen LogP) is 28.1. The summed E-state index contributed by atoms with van der Waals surface area (Å²) in [7, 11) is 0. The van der Waals surface area contributed by atoms with Gasteiger partial charge in [0.15, 0.2) is 0 Å². The Morgan fingerprint density at radius 2 is 0.432 bits per heavy atom. The summed E-state index contributed by atoms with van der Waals surface area (Å²) >= 11 is 0. The summed E-state index contributed by atoms with van der Waals surface area (Å²) in [5.74, 6) is -0.639. The topological polar surface area (TPSA) is 186 Å². The Kier molecular flexibility index (Phi) is 102. The molecule has 0 aliphatic carbocycles. The number of ether oxygens (including phenoxy) is 4. The Bertz CT molecular complexity index is 2270. The van der Waals surface area contributed by atoms with E-state index in [1.54, 1.807) is 0 Å². The van der Waals surface area contributed by atoms with Crippen molar-refractivity contribution < 1.29 is 58.6 Å². The molecular weight excluding hydrogens is 1380 g/mol. The number of carbonyl (C=O) groups excluding carboxylic acids is 4. The monoisotopic (exact) mass is 1560 g/mol. The fourth-order valence-corrected chi connectivity index (χ4v) is 11.6. The average Bonchev–Trinajstić information content (AvgIpc) is 1.15. The highest BCUT2D eigenvalue weighted by Gasteiger charge is 2.12. The Labute approximate surface area is 684 Å². The van der Waals surface area contributed by atoms with Crippen LogP contribution in [-0.2, 0) is 38.1 Å². The fraction of sp³-hybridized carbons (Fsp3) is 0.737. The molecule has 0 heterocycles. The number of aliphatic hydroxyl groups excluding tert-OH is 4. The van der Waals surface area contributed by atoms with Gasteiger partial charge in [-0.3, -0.25) is 19.2 Å². The highest BCUT2D eigenvalue weighted by molar-refractivity contribution is 5.70. The van der Waals surface area contributed by atoms with Crippen molar-refractivity contribution in [3.05, 3.63) is 134 Å². The number of rotatable bonds is 76. The van der Waals surface area contributed by atoms with Gasteiger partial charge in [-0.25, -0.2) is 0 Å². The van der Waals surface area contributed by atoms with Gasteiger partial charge in [0.25, 0.3) is 0 Å². The van der Waals surface area contributed by atoms with Crippen molar-refractivity contribution in [1.29, 1.82) is 0 Å².